The van der Waals surface area contributed by atoms with E-state index in [1.54, 1.807) is 24.9 Å². The van der Waals surface area contributed by atoms with Gasteiger partial charge in [-0.1, -0.05) is 18.2 Å². The highest BCUT2D eigenvalue weighted by molar-refractivity contribution is 7.97. The molecule has 1 heterocycles. The number of hydrogen-bond acceptors (Lipinski definition) is 4. The first-order valence-electron chi connectivity index (χ1n) is 10.4. The normalized spacial score (nSPS) is 16.2. The summed E-state index contributed by atoms with van der Waals surface area (Å²) in [5.74, 6) is 0.961. The molecule has 1 unspecified atom stereocenters. The molecule has 1 saturated heterocycles. The highest BCUT2D eigenvalue weighted by Gasteiger charge is 2.23. The third kappa shape index (κ3) is 6.92. The van der Waals surface area contributed by atoms with E-state index in [1.165, 1.54) is 18.2 Å². The first-order chi connectivity index (χ1) is 15.1. The van der Waals surface area contributed by atoms with Gasteiger partial charge >= 0.3 is 0 Å². The fraction of sp³-hybridized carbons (Fsp3) is 0.435. The molecule has 0 amide bonds. The molecule has 2 aromatic rings. The van der Waals surface area contributed by atoms with E-state index in [0.717, 1.165) is 35.5 Å². The Hall–Kier alpha value is -2.16. The van der Waals surface area contributed by atoms with Gasteiger partial charge in [0.25, 0.3) is 0 Å². The number of guanidine groups is 1. The van der Waals surface area contributed by atoms with Crippen LogP contribution in [0.2, 0.25) is 0 Å². The summed E-state index contributed by atoms with van der Waals surface area (Å²) in [4.78, 5) is 6.67. The largest absolute Gasteiger partial charge is 0.379 e. The van der Waals surface area contributed by atoms with Crippen molar-refractivity contribution in [1.29, 1.82) is 0 Å². The van der Waals surface area contributed by atoms with Crippen molar-refractivity contribution in [1.82, 2.24) is 15.5 Å². The van der Waals surface area contributed by atoms with Gasteiger partial charge in [-0.05, 0) is 47.2 Å². The van der Waals surface area contributed by atoms with E-state index in [9.17, 15) is 8.78 Å². The quantitative estimate of drug-likeness (QED) is 0.478. The first kappa shape index (κ1) is 23.5. The van der Waals surface area contributed by atoms with Crippen molar-refractivity contribution < 1.29 is 13.5 Å². The third-order valence-electron chi connectivity index (χ3n) is 5.34. The van der Waals surface area contributed by atoms with Crippen LogP contribution < -0.4 is 10.6 Å². The molecule has 2 aromatic carbocycles. The fourth-order valence-corrected chi connectivity index (χ4v) is 4.26. The molecule has 8 heteroatoms. The van der Waals surface area contributed by atoms with Gasteiger partial charge in [0.2, 0.25) is 0 Å². The second kappa shape index (κ2) is 12.0. The van der Waals surface area contributed by atoms with Crippen molar-refractivity contribution in [2.24, 2.45) is 4.99 Å². The lowest BCUT2D eigenvalue weighted by atomic mass is 10.0. The lowest BCUT2D eigenvalue weighted by Crippen LogP contribution is -2.46. The van der Waals surface area contributed by atoms with Crippen molar-refractivity contribution in [3.8, 4) is 0 Å². The SMILES string of the molecule is CN=C(NCc1ccc(F)cc1CSC)NCC(c1ccc(F)cc1)N1CCOCC1. The maximum atomic E-state index is 13.6. The summed E-state index contributed by atoms with van der Waals surface area (Å²) in [6.07, 6.45) is 2.00. The van der Waals surface area contributed by atoms with Gasteiger partial charge in [-0.25, -0.2) is 8.78 Å². The number of thioether (sulfide) groups is 1. The number of nitrogens with one attached hydrogen (secondary N) is 2. The second-order valence-electron chi connectivity index (χ2n) is 7.37. The van der Waals surface area contributed by atoms with E-state index in [4.69, 9.17) is 4.74 Å². The van der Waals surface area contributed by atoms with E-state index in [2.05, 4.69) is 20.5 Å². The average Bonchev–Trinajstić information content (AvgIpc) is 2.79. The van der Waals surface area contributed by atoms with E-state index in [0.29, 0.717) is 32.3 Å². The number of hydrogen-bond donors (Lipinski definition) is 2. The standard InChI is InChI=1S/C23H30F2N4OS/c1-26-23(27-14-18-5-8-21(25)13-19(18)16-31-2)28-15-22(29-9-11-30-12-10-29)17-3-6-20(24)7-4-17/h3-8,13,22H,9-12,14-16H2,1-2H3,(H2,26,27,28). The molecule has 31 heavy (non-hydrogen) atoms. The van der Waals surface area contributed by atoms with Crippen molar-refractivity contribution in [2.75, 3.05) is 46.2 Å². The number of nitrogens with zero attached hydrogens (tertiary/aromatic N) is 2. The molecule has 0 saturated carbocycles. The Balaban J connectivity index is 1.65. The summed E-state index contributed by atoms with van der Waals surface area (Å²) in [6.45, 7) is 4.19. The highest BCUT2D eigenvalue weighted by atomic mass is 32.2. The van der Waals surface area contributed by atoms with Gasteiger partial charge in [-0.3, -0.25) is 9.89 Å². The van der Waals surface area contributed by atoms with Crippen LogP contribution in [-0.2, 0) is 17.0 Å². The number of morpholine rings is 1. The molecule has 1 atom stereocenters. The molecule has 1 aliphatic heterocycles. The molecule has 3 rings (SSSR count). The van der Waals surface area contributed by atoms with Crippen molar-refractivity contribution >= 4 is 17.7 Å². The summed E-state index contributed by atoms with van der Waals surface area (Å²) < 4.78 is 32.5. The minimum absolute atomic E-state index is 0.0703. The summed E-state index contributed by atoms with van der Waals surface area (Å²) >= 11 is 1.66. The topological polar surface area (TPSA) is 48.9 Å². The van der Waals surface area contributed by atoms with Crippen molar-refractivity contribution in [2.45, 2.75) is 18.3 Å². The van der Waals surface area contributed by atoms with Crippen LogP contribution in [0.1, 0.15) is 22.7 Å². The van der Waals surface area contributed by atoms with Gasteiger partial charge in [0, 0.05) is 39.0 Å². The lowest BCUT2D eigenvalue weighted by Gasteiger charge is -2.35. The number of ether oxygens (including phenoxy) is 1. The molecule has 1 aliphatic rings. The number of aliphatic imine (C=N–C) groups is 1. The van der Waals surface area contributed by atoms with E-state index >= 15 is 0 Å². The Morgan fingerprint density at radius 2 is 1.77 bits per heavy atom. The summed E-state index contributed by atoms with van der Waals surface area (Å²) in [5, 5.41) is 6.72. The van der Waals surface area contributed by atoms with Gasteiger partial charge in [0.05, 0.1) is 19.3 Å². The van der Waals surface area contributed by atoms with Crippen LogP contribution in [0.3, 0.4) is 0 Å². The molecule has 0 bridgehead atoms. The van der Waals surface area contributed by atoms with Crippen LogP contribution >= 0.6 is 11.8 Å². The maximum Gasteiger partial charge on any atom is 0.191 e. The van der Waals surface area contributed by atoms with Crippen LogP contribution in [0, 0.1) is 11.6 Å². The molecule has 0 radical (unpaired) electrons. The second-order valence-corrected chi connectivity index (χ2v) is 8.23. The average molecular weight is 449 g/mol. The summed E-state index contributed by atoms with van der Waals surface area (Å²) in [7, 11) is 1.73. The highest BCUT2D eigenvalue weighted by Crippen LogP contribution is 2.22. The predicted octanol–water partition coefficient (Wildman–Crippen LogP) is 3.57. The van der Waals surface area contributed by atoms with Crippen LogP contribution in [0.4, 0.5) is 8.78 Å². The summed E-state index contributed by atoms with van der Waals surface area (Å²) in [6, 6.07) is 11.6. The number of benzene rings is 2. The smallest absolute Gasteiger partial charge is 0.191 e. The van der Waals surface area contributed by atoms with Crippen LogP contribution in [0.5, 0.6) is 0 Å². The third-order valence-corrected chi connectivity index (χ3v) is 5.94. The zero-order chi connectivity index (χ0) is 22.1. The minimum atomic E-state index is -0.241. The Bertz CT molecular complexity index is 857. The molecule has 0 aliphatic carbocycles. The number of rotatable bonds is 8. The molecular formula is C23H30F2N4OS. The van der Waals surface area contributed by atoms with Gasteiger partial charge in [0.1, 0.15) is 11.6 Å². The molecule has 0 aromatic heterocycles. The Morgan fingerprint density at radius 1 is 1.06 bits per heavy atom. The monoisotopic (exact) mass is 448 g/mol. The van der Waals surface area contributed by atoms with Gasteiger partial charge in [0.15, 0.2) is 5.96 Å². The van der Waals surface area contributed by atoms with E-state index in [1.807, 2.05) is 24.5 Å². The minimum Gasteiger partial charge on any atom is -0.379 e. The first-order valence-corrected chi connectivity index (χ1v) is 11.8. The lowest BCUT2D eigenvalue weighted by molar-refractivity contribution is 0.0170. The zero-order valence-corrected chi connectivity index (χ0v) is 18.9. The number of halogens is 2. The Labute approximate surface area is 187 Å². The van der Waals surface area contributed by atoms with Crippen LogP contribution in [-0.4, -0.2) is 57.0 Å². The molecule has 0 spiro atoms. The fourth-order valence-electron chi connectivity index (χ4n) is 3.68. The summed E-state index contributed by atoms with van der Waals surface area (Å²) in [5.41, 5.74) is 3.07. The van der Waals surface area contributed by atoms with Gasteiger partial charge in [-0.2, -0.15) is 11.8 Å². The predicted molar refractivity (Wildman–Crippen MR) is 123 cm³/mol. The van der Waals surface area contributed by atoms with Gasteiger partial charge < -0.3 is 15.4 Å². The molecule has 1 fully saturated rings. The van der Waals surface area contributed by atoms with Gasteiger partial charge in [-0.15, -0.1) is 0 Å². The van der Waals surface area contributed by atoms with E-state index < -0.39 is 0 Å². The maximum absolute atomic E-state index is 13.6. The van der Waals surface area contributed by atoms with E-state index in [-0.39, 0.29) is 17.7 Å². The van der Waals surface area contributed by atoms with Crippen LogP contribution in [0.25, 0.3) is 0 Å². The molecule has 5 nitrogen and oxygen atoms in total. The molecule has 168 valence electrons. The van der Waals surface area contributed by atoms with Crippen molar-refractivity contribution in [3.63, 3.8) is 0 Å². The van der Waals surface area contributed by atoms with Crippen LogP contribution in [0.15, 0.2) is 47.5 Å². The van der Waals surface area contributed by atoms with Crippen molar-refractivity contribution in [3.05, 3.63) is 70.8 Å². The zero-order valence-electron chi connectivity index (χ0n) is 18.0. The Morgan fingerprint density at radius 3 is 2.45 bits per heavy atom. The molecule has 2 N–H and O–H groups in total. The Kier molecular flexibility index (Phi) is 9.12. The molecular weight excluding hydrogens is 418 g/mol.